The molecule has 0 amide bonds. The van der Waals surface area contributed by atoms with E-state index in [1.165, 1.54) is 0 Å². The van der Waals surface area contributed by atoms with Crippen molar-refractivity contribution in [3.8, 4) is 0 Å². The second-order valence-electron chi connectivity index (χ2n) is 0. The minimum absolute atomic E-state index is 0. The summed E-state index contributed by atoms with van der Waals surface area (Å²) in [6.07, 6.45) is 0. The maximum absolute atomic E-state index is 6.25. The Kier molecular flexibility index (Phi) is 7510. The molecule has 0 aromatic carbocycles. The topological polar surface area (TPSA) is 317 Å². The van der Waals surface area contributed by atoms with Crippen LogP contribution in [0.25, 0.3) is 0 Å². The fraction of sp³-hybridized carbons (Fsp3) is 0. The summed E-state index contributed by atoms with van der Waals surface area (Å²) in [6.45, 7) is 57.0. The van der Waals surface area contributed by atoms with Gasteiger partial charge in [-0.25, -0.2) is 0 Å². The van der Waals surface area contributed by atoms with Crippen molar-refractivity contribution in [1.82, 2.24) is 0 Å². The molecule has 18 heteroatoms. The molecule has 0 bridgehead atoms. The maximum atomic E-state index is 6.25. The predicted octanol–water partition coefficient (Wildman–Crippen LogP) is 0.319. The first-order valence-corrected chi connectivity index (χ1v) is 12.8. The van der Waals surface area contributed by atoms with Crippen molar-refractivity contribution in [3.05, 3.63) is 78.9 Å². The molecule has 0 aliphatic rings. The van der Waals surface area contributed by atoms with E-state index in [1.54, 1.807) is 0 Å². The zero-order valence-corrected chi connectivity index (χ0v) is 25.6. The van der Waals surface area contributed by atoms with E-state index in [1.807, 2.05) is 0 Å². The predicted molar refractivity (Wildman–Crippen MR) is 63.2 cm³/mol. The van der Waals surface area contributed by atoms with Crippen LogP contribution in [0.2, 0.25) is 0 Å². The van der Waals surface area contributed by atoms with Gasteiger partial charge in [-0.3, -0.25) is 0 Å². The van der Waals surface area contributed by atoms with Gasteiger partial charge >= 0.3 is 76.9 Å². The Morgan fingerprint density at radius 2 is 0.267 bits per heavy atom. The standard InChI is InChI=1S/12CN.2Co.H2O.3Zn/c12*1-2;;;;;;/h;;;;;;;;;;;;;;1H2;;;/q12*-1;;;;;;+2. The Morgan fingerprint density at radius 1 is 0.267 bits per heavy atom. The van der Waals surface area contributed by atoms with Crippen LogP contribution < -0.4 is 0 Å². The number of nitrogens with zero attached hydrogens (tertiary/aromatic N) is 12. The Bertz CT molecular complexity index is 265. The van der Waals surface area contributed by atoms with Gasteiger partial charge in [-0.2, -0.15) is 0 Å². The molecule has 0 fully saturated rings. The van der Waals surface area contributed by atoms with E-state index in [2.05, 4.69) is 25.8 Å². The van der Waals surface area contributed by atoms with Gasteiger partial charge in [0.15, 0.2) is 0 Å². The molecule has 0 aliphatic heterocycles. The average Bonchev–Trinajstić information content (AvgIpc) is 2.95. The van der Waals surface area contributed by atoms with Gasteiger partial charge in [-0.15, -0.1) is 0 Å². The number of rotatable bonds is 0. The van der Waals surface area contributed by atoms with E-state index in [0.717, 1.165) is 31.7 Å². The Morgan fingerprint density at radius 3 is 0.267 bits per heavy atom. The molecule has 0 aromatic heterocycles. The second kappa shape index (κ2) is 1460. The van der Waals surface area contributed by atoms with Crippen molar-refractivity contribution in [2.45, 2.75) is 0 Å². The first kappa shape index (κ1) is 154. The van der Waals surface area contributed by atoms with Crippen molar-refractivity contribution >= 4 is 0 Å². The van der Waals surface area contributed by atoms with Crippen molar-refractivity contribution in [2.24, 2.45) is 0 Å². The normalized spacial score (nSPS) is 1.27. The van der Waals surface area contributed by atoms with E-state index < -0.39 is 0 Å². The van der Waals surface area contributed by atoms with Crippen molar-refractivity contribution in [2.75, 3.05) is 0 Å². The van der Waals surface area contributed by atoms with E-state index in [9.17, 15) is 0 Å². The SMILES string of the molecule is O.[C-]#N.[C-]#N.[C-]#N.[C-]#N.[C-]#N.[C-]#N.[C-]#N.[C-]#N.[C-]#N.[C-]#N.[C-]#N.[C-]#N.[Co]=[Zn].[Co]=[Zn].[Zn+2]. The number of hydrogen-bond acceptors (Lipinski definition) is 12. The Balaban J connectivity index is -0.00000000500. The summed E-state index contributed by atoms with van der Waals surface area (Å²) in [6, 6.07) is 0. The van der Waals surface area contributed by atoms with E-state index >= 15 is 0 Å². The van der Waals surface area contributed by atoms with Crippen molar-refractivity contribution in [1.29, 1.82) is 63.1 Å². The molecule has 0 aliphatic carbocycles. The molecule has 0 heterocycles. The van der Waals surface area contributed by atoms with Crippen LogP contribution >= 0.6 is 0 Å². The molecule has 0 saturated carbocycles. The molecule has 150 valence electrons. The second-order valence-corrected chi connectivity index (χ2v) is 0. The number of hydrogen-bond donors (Lipinski definition) is 0. The molecule has 0 saturated heterocycles. The quantitative estimate of drug-likeness (QED) is 0.254. The summed E-state index contributed by atoms with van der Waals surface area (Å²) in [5.41, 5.74) is 0. The molecule has 0 spiro atoms. The fourth-order valence-corrected chi connectivity index (χ4v) is 0. The van der Waals surface area contributed by atoms with E-state index in [-0.39, 0.29) is 25.0 Å². The van der Waals surface area contributed by atoms with Crippen molar-refractivity contribution < 1.29 is 82.4 Å². The van der Waals surface area contributed by atoms with Crippen LogP contribution in [-0.2, 0) is 76.9 Å². The van der Waals surface area contributed by atoms with Gasteiger partial charge in [0.2, 0.25) is 0 Å². The zero-order chi connectivity index (χ0) is 28.0. The van der Waals surface area contributed by atoms with Gasteiger partial charge in [0.05, 0.1) is 0 Å². The molecule has 0 rings (SSSR count). The maximum Gasteiger partial charge on any atom is 2.00 e. The summed E-state index contributed by atoms with van der Waals surface area (Å²) >= 11 is 9.50. The third-order valence-corrected chi connectivity index (χ3v) is 0. The van der Waals surface area contributed by atoms with E-state index in [4.69, 9.17) is 142 Å². The van der Waals surface area contributed by atoms with Gasteiger partial charge in [-0.05, 0) is 0 Å². The van der Waals surface area contributed by atoms with Crippen LogP contribution in [0.5, 0.6) is 0 Å². The first-order valence-electron chi connectivity index (χ1n) is 3.15. The van der Waals surface area contributed by atoms with E-state index in [0.29, 0.717) is 0 Å². The summed E-state index contributed by atoms with van der Waals surface area (Å²) in [5.74, 6) is 0. The molecule has 0 atom stereocenters. The van der Waals surface area contributed by atoms with Gasteiger partial charge in [0, 0.05) is 0 Å². The first-order chi connectivity index (χ1) is 14.0. The van der Waals surface area contributed by atoms with Gasteiger partial charge < -0.3 is 147 Å². The Hall–Kier alpha value is -3.28. The summed E-state index contributed by atoms with van der Waals surface area (Å²) in [7, 11) is 0. The van der Waals surface area contributed by atoms with Gasteiger partial charge in [-0.1, -0.05) is 0 Å². The largest absolute Gasteiger partial charge is 2.00 e. The van der Waals surface area contributed by atoms with Crippen LogP contribution in [0.15, 0.2) is 0 Å². The third kappa shape index (κ3) is 1300. The molecule has 2 N–H and O–H groups in total. The van der Waals surface area contributed by atoms with Gasteiger partial charge in [0.25, 0.3) is 0 Å². The van der Waals surface area contributed by atoms with Gasteiger partial charge in [0.1, 0.15) is 0 Å². The Labute approximate surface area is 222 Å². The summed E-state index contributed by atoms with van der Waals surface area (Å²) in [5, 5.41) is 75.0. The van der Waals surface area contributed by atoms with Crippen molar-refractivity contribution in [3.63, 3.8) is 0 Å². The fourth-order valence-electron chi connectivity index (χ4n) is 0. The van der Waals surface area contributed by atoms with Crippen LogP contribution in [-0.4, -0.2) is 5.48 Å². The summed E-state index contributed by atoms with van der Waals surface area (Å²) < 4.78 is 0. The minimum atomic E-state index is 0. The molecular formula is C12H2Co2N12OZn3-10. The van der Waals surface area contributed by atoms with Crippen LogP contribution in [0, 0.1) is 142 Å². The van der Waals surface area contributed by atoms with Crippen LogP contribution in [0.1, 0.15) is 0 Å². The molecule has 30 heavy (non-hydrogen) atoms. The smallest absolute Gasteiger partial charge is 2.00 e. The molecular weight excluding hydrogens is 642 g/mol. The van der Waals surface area contributed by atoms with Crippen LogP contribution in [0.4, 0.5) is 0 Å². The molecule has 13 nitrogen and oxygen atoms in total. The summed E-state index contributed by atoms with van der Waals surface area (Å²) in [4.78, 5) is 0. The zero-order valence-electron chi connectivity index (χ0n) is 14.7. The molecule has 0 aromatic rings. The van der Waals surface area contributed by atoms with Crippen LogP contribution in [0.3, 0.4) is 0 Å². The third-order valence-electron chi connectivity index (χ3n) is 0. The molecule has 0 radical (unpaired) electrons. The minimum Gasteiger partial charge on any atom is 2.00 e. The monoisotopic (exact) mass is 640 g/mol. The average molecular weight is 644 g/mol. The molecule has 0 unspecified atom stereocenters.